The highest BCUT2D eigenvalue weighted by Crippen LogP contribution is 2.20. The summed E-state index contributed by atoms with van der Waals surface area (Å²) in [6.45, 7) is 1.95. The van der Waals surface area contributed by atoms with Crippen LogP contribution in [0.4, 0.5) is 0 Å². The summed E-state index contributed by atoms with van der Waals surface area (Å²) in [5.74, 6) is 2.57. The zero-order valence-corrected chi connectivity index (χ0v) is 10.3. The quantitative estimate of drug-likeness (QED) is 0.612. The van der Waals surface area contributed by atoms with Crippen LogP contribution in [-0.4, -0.2) is 30.5 Å². The molecule has 0 fully saturated rings. The first-order valence-electron chi connectivity index (χ1n) is 5.05. The molecule has 1 N–H and O–H groups in total. The van der Waals surface area contributed by atoms with Crippen LogP contribution < -0.4 is 0 Å². The highest BCUT2D eigenvalue weighted by atomic mass is 32.2. The second kappa shape index (κ2) is 6.60. The number of aliphatic hydroxyl groups is 1. The number of carbonyl (C=O) groups is 1. The van der Waals surface area contributed by atoms with E-state index in [0.717, 1.165) is 17.9 Å². The molecular formula is C11H16O4S. The number of thioether (sulfide) groups is 1. The number of hydrogen-bond acceptors (Lipinski definition) is 5. The molecule has 0 radical (unpaired) electrons. The molecule has 0 aliphatic carbocycles. The lowest BCUT2D eigenvalue weighted by Crippen LogP contribution is -2.00. The normalized spacial score (nSPS) is 10.4. The largest absolute Gasteiger partial charge is 0.465 e. The van der Waals surface area contributed by atoms with Gasteiger partial charge in [-0.1, -0.05) is 0 Å². The molecule has 90 valence electrons. The first-order chi connectivity index (χ1) is 7.69. The zero-order valence-electron chi connectivity index (χ0n) is 9.49. The molecule has 0 spiro atoms. The van der Waals surface area contributed by atoms with Crippen molar-refractivity contribution in [1.82, 2.24) is 0 Å². The van der Waals surface area contributed by atoms with Crippen molar-refractivity contribution in [3.05, 3.63) is 23.2 Å². The summed E-state index contributed by atoms with van der Waals surface area (Å²) >= 11 is 1.67. The number of ether oxygens (including phenoxy) is 1. The van der Waals surface area contributed by atoms with E-state index in [1.54, 1.807) is 24.8 Å². The first kappa shape index (κ1) is 13.1. The van der Waals surface area contributed by atoms with Gasteiger partial charge in [-0.15, -0.1) is 0 Å². The van der Waals surface area contributed by atoms with Crippen molar-refractivity contribution in [2.45, 2.75) is 19.1 Å². The van der Waals surface area contributed by atoms with Crippen molar-refractivity contribution in [3.63, 3.8) is 0 Å². The lowest BCUT2D eigenvalue weighted by molar-refractivity contribution is 0.0599. The van der Waals surface area contributed by atoms with E-state index in [4.69, 9.17) is 9.52 Å². The fraction of sp³-hybridized carbons (Fsp3) is 0.545. The van der Waals surface area contributed by atoms with E-state index in [1.807, 2.05) is 0 Å². The SMILES string of the molecule is COC(=O)c1cc(CSCCCO)oc1C. The molecule has 0 saturated carbocycles. The van der Waals surface area contributed by atoms with Crippen LogP contribution in [0.1, 0.15) is 28.3 Å². The molecule has 0 aliphatic heterocycles. The second-order valence-corrected chi connectivity index (χ2v) is 4.41. The van der Waals surface area contributed by atoms with Gasteiger partial charge in [0.05, 0.1) is 12.9 Å². The Morgan fingerprint density at radius 3 is 3.00 bits per heavy atom. The van der Waals surface area contributed by atoms with Crippen molar-refractivity contribution in [3.8, 4) is 0 Å². The molecule has 0 aromatic carbocycles. The fourth-order valence-electron chi connectivity index (χ4n) is 1.27. The molecule has 0 unspecified atom stereocenters. The van der Waals surface area contributed by atoms with E-state index in [0.29, 0.717) is 17.1 Å². The Morgan fingerprint density at radius 1 is 1.62 bits per heavy atom. The highest BCUT2D eigenvalue weighted by Gasteiger charge is 2.14. The van der Waals surface area contributed by atoms with Crippen molar-refractivity contribution >= 4 is 17.7 Å². The van der Waals surface area contributed by atoms with Crippen molar-refractivity contribution in [1.29, 1.82) is 0 Å². The molecule has 0 aliphatic rings. The Hall–Kier alpha value is -0.940. The van der Waals surface area contributed by atoms with Gasteiger partial charge >= 0.3 is 5.97 Å². The predicted octanol–water partition coefficient (Wildman–Crippen LogP) is 1.99. The van der Waals surface area contributed by atoms with Crippen molar-refractivity contribution in [2.24, 2.45) is 0 Å². The number of aryl methyl sites for hydroxylation is 1. The number of methoxy groups -OCH3 is 1. The summed E-state index contributed by atoms with van der Waals surface area (Å²) < 4.78 is 10.1. The van der Waals surface area contributed by atoms with Crippen LogP contribution in [0, 0.1) is 6.92 Å². The Kier molecular flexibility index (Phi) is 5.42. The van der Waals surface area contributed by atoms with E-state index < -0.39 is 0 Å². The maximum atomic E-state index is 11.3. The van der Waals surface area contributed by atoms with Gasteiger partial charge in [-0.2, -0.15) is 11.8 Å². The standard InChI is InChI=1S/C11H16O4S/c1-8-10(11(13)14-2)6-9(15-8)7-16-5-3-4-12/h6,12H,3-5,7H2,1-2H3. The number of esters is 1. The number of furan rings is 1. The summed E-state index contributed by atoms with van der Waals surface area (Å²) in [6.07, 6.45) is 0.772. The molecule has 1 aromatic heterocycles. The molecule has 0 amide bonds. The third kappa shape index (κ3) is 3.57. The third-order valence-corrected chi connectivity index (χ3v) is 3.13. The van der Waals surface area contributed by atoms with E-state index >= 15 is 0 Å². The number of carbonyl (C=O) groups excluding carboxylic acids is 1. The van der Waals surface area contributed by atoms with Crippen LogP contribution in [0.2, 0.25) is 0 Å². The van der Waals surface area contributed by atoms with E-state index in [-0.39, 0.29) is 12.6 Å². The van der Waals surface area contributed by atoms with Crippen molar-refractivity contribution < 1.29 is 19.1 Å². The topological polar surface area (TPSA) is 59.7 Å². The minimum Gasteiger partial charge on any atom is -0.465 e. The van der Waals surface area contributed by atoms with Crippen molar-refractivity contribution in [2.75, 3.05) is 19.5 Å². The molecule has 0 bridgehead atoms. The molecule has 1 heterocycles. The van der Waals surface area contributed by atoms with Gasteiger partial charge in [0.15, 0.2) is 0 Å². The average molecular weight is 244 g/mol. The molecule has 16 heavy (non-hydrogen) atoms. The van der Waals surface area contributed by atoms with Gasteiger partial charge in [0, 0.05) is 6.61 Å². The monoisotopic (exact) mass is 244 g/mol. The molecule has 0 atom stereocenters. The van der Waals surface area contributed by atoms with Gasteiger partial charge in [-0.3, -0.25) is 0 Å². The first-order valence-corrected chi connectivity index (χ1v) is 6.20. The fourth-order valence-corrected chi connectivity index (χ4v) is 2.09. The van der Waals surface area contributed by atoms with E-state index in [1.165, 1.54) is 7.11 Å². The summed E-state index contributed by atoms with van der Waals surface area (Å²) in [5, 5.41) is 8.62. The zero-order chi connectivity index (χ0) is 12.0. The average Bonchev–Trinajstić information content (AvgIpc) is 2.65. The Bertz CT molecular complexity index is 346. The lowest BCUT2D eigenvalue weighted by Gasteiger charge is -1.96. The minimum atomic E-state index is -0.368. The van der Waals surface area contributed by atoms with Crippen LogP contribution in [0.25, 0.3) is 0 Å². The van der Waals surface area contributed by atoms with Crippen LogP contribution in [0.3, 0.4) is 0 Å². The van der Waals surface area contributed by atoms with Gasteiger partial charge in [0.25, 0.3) is 0 Å². The van der Waals surface area contributed by atoms with E-state index in [2.05, 4.69) is 4.74 Å². The Balaban J connectivity index is 2.52. The van der Waals surface area contributed by atoms with Crippen LogP contribution in [0.15, 0.2) is 10.5 Å². The minimum absolute atomic E-state index is 0.206. The van der Waals surface area contributed by atoms with Crippen LogP contribution in [-0.2, 0) is 10.5 Å². The maximum absolute atomic E-state index is 11.3. The van der Waals surface area contributed by atoms with Gasteiger partial charge in [-0.25, -0.2) is 4.79 Å². The van der Waals surface area contributed by atoms with Gasteiger partial charge in [0.1, 0.15) is 17.1 Å². The predicted molar refractivity (Wildman–Crippen MR) is 62.6 cm³/mol. The third-order valence-electron chi connectivity index (χ3n) is 2.07. The molecule has 1 rings (SSSR count). The van der Waals surface area contributed by atoms with Crippen LogP contribution in [0.5, 0.6) is 0 Å². The molecular weight excluding hydrogens is 228 g/mol. The lowest BCUT2D eigenvalue weighted by atomic mass is 10.2. The number of aliphatic hydroxyl groups excluding tert-OH is 1. The number of rotatable bonds is 6. The van der Waals surface area contributed by atoms with Gasteiger partial charge in [-0.05, 0) is 25.2 Å². The summed E-state index contributed by atoms with van der Waals surface area (Å²) in [7, 11) is 1.35. The van der Waals surface area contributed by atoms with E-state index in [9.17, 15) is 4.79 Å². The van der Waals surface area contributed by atoms with Gasteiger partial charge < -0.3 is 14.3 Å². The molecule has 5 heteroatoms. The molecule has 0 saturated heterocycles. The maximum Gasteiger partial charge on any atom is 0.341 e. The summed E-state index contributed by atoms with van der Waals surface area (Å²) in [4.78, 5) is 11.3. The summed E-state index contributed by atoms with van der Waals surface area (Å²) in [6, 6.07) is 1.72. The highest BCUT2D eigenvalue weighted by molar-refractivity contribution is 7.98. The number of hydrogen-bond donors (Lipinski definition) is 1. The molecule has 1 aromatic rings. The summed E-state index contributed by atoms with van der Waals surface area (Å²) in [5.41, 5.74) is 0.486. The Morgan fingerprint density at radius 2 is 2.38 bits per heavy atom. The van der Waals surface area contributed by atoms with Gasteiger partial charge in [0.2, 0.25) is 0 Å². The van der Waals surface area contributed by atoms with Crippen LogP contribution >= 0.6 is 11.8 Å². The second-order valence-electron chi connectivity index (χ2n) is 3.30. The Labute approximate surface area is 99.0 Å². The smallest absolute Gasteiger partial charge is 0.341 e. The molecule has 4 nitrogen and oxygen atoms in total.